The maximum absolute atomic E-state index is 11.1. The van der Waals surface area contributed by atoms with E-state index in [1.807, 2.05) is 0 Å². The minimum atomic E-state index is -4.95. The van der Waals surface area contributed by atoms with Gasteiger partial charge in [-0.2, -0.15) is 4.62 Å². The average molecular weight is 366 g/mol. The molecular formula is C10H15N4O9P. The molecule has 14 heteroatoms. The van der Waals surface area contributed by atoms with Crippen LogP contribution in [0.15, 0.2) is 21.6 Å². The first-order valence-corrected chi connectivity index (χ1v) is 8.21. The molecule has 0 bridgehead atoms. The fraction of sp³-hybridized carbons (Fsp3) is 0.600. The number of aliphatic hydroxyl groups excluding tert-OH is 4. The lowest BCUT2D eigenvalue weighted by atomic mass is 10.1. The highest BCUT2D eigenvalue weighted by Gasteiger charge is 2.51. The van der Waals surface area contributed by atoms with Gasteiger partial charge in [0.2, 0.25) is 5.88 Å². The number of aliphatic hydroxyl groups is 4. The molecule has 0 saturated carbocycles. The molecule has 13 nitrogen and oxygen atoms in total. The maximum Gasteiger partial charge on any atom is 0.491 e. The van der Waals surface area contributed by atoms with Gasteiger partial charge in [0, 0.05) is 0 Å². The number of rotatable bonds is 4. The molecule has 5 unspecified atom stereocenters. The van der Waals surface area contributed by atoms with Gasteiger partial charge >= 0.3 is 7.82 Å². The van der Waals surface area contributed by atoms with Gasteiger partial charge in [-0.1, -0.05) is 0 Å². The van der Waals surface area contributed by atoms with Crippen LogP contribution in [0.3, 0.4) is 0 Å². The predicted octanol–water partition coefficient (Wildman–Crippen LogP) is -2.81. The molecule has 6 N–H and O–H groups in total. The van der Waals surface area contributed by atoms with Crippen molar-refractivity contribution in [2.75, 3.05) is 6.61 Å². The van der Waals surface area contributed by atoms with Crippen molar-refractivity contribution in [1.82, 2.24) is 9.96 Å². The van der Waals surface area contributed by atoms with Gasteiger partial charge in [-0.3, -0.25) is 0 Å². The highest BCUT2D eigenvalue weighted by Crippen LogP contribution is 2.41. The van der Waals surface area contributed by atoms with Crippen LogP contribution in [0, 0.1) is 0 Å². The molecule has 0 aromatic heterocycles. The molecule has 1 saturated heterocycles. The summed E-state index contributed by atoms with van der Waals surface area (Å²) in [5, 5.41) is 39.4. The van der Waals surface area contributed by atoms with Crippen LogP contribution in [0.25, 0.3) is 0 Å². The quantitative estimate of drug-likeness (QED) is 0.282. The number of hydrogen-bond donors (Lipinski definition) is 6. The van der Waals surface area contributed by atoms with Crippen molar-refractivity contribution in [3.05, 3.63) is 11.6 Å². The molecule has 3 rings (SSSR count). The zero-order valence-corrected chi connectivity index (χ0v) is 12.8. The van der Waals surface area contributed by atoms with Crippen LogP contribution in [-0.4, -0.2) is 90.2 Å². The van der Waals surface area contributed by atoms with Gasteiger partial charge in [0.05, 0.1) is 12.9 Å². The zero-order valence-electron chi connectivity index (χ0n) is 11.9. The van der Waals surface area contributed by atoms with Crippen molar-refractivity contribution in [1.29, 1.82) is 0 Å². The van der Waals surface area contributed by atoms with E-state index in [1.165, 1.54) is 0 Å². The first-order chi connectivity index (χ1) is 11.2. The third-order valence-corrected chi connectivity index (χ3v) is 4.03. The second-order valence-electron chi connectivity index (χ2n) is 5.18. The Balaban J connectivity index is 1.89. The molecule has 0 aromatic rings. The smallest absolute Gasteiger partial charge is 0.491 e. The number of hydroxylamine groups is 2. The highest BCUT2D eigenvalue weighted by atomic mass is 31.2. The summed E-state index contributed by atoms with van der Waals surface area (Å²) in [6, 6.07) is 0. The zero-order chi connectivity index (χ0) is 17.6. The number of aliphatic imine (C=N–C) groups is 2. The van der Waals surface area contributed by atoms with E-state index in [0.29, 0.717) is 5.06 Å². The van der Waals surface area contributed by atoms with Crippen molar-refractivity contribution >= 4 is 20.5 Å². The van der Waals surface area contributed by atoms with Gasteiger partial charge < -0.3 is 39.8 Å². The number of fused-ring (bicyclic) bond motifs is 1. The molecule has 3 aliphatic heterocycles. The van der Waals surface area contributed by atoms with E-state index in [4.69, 9.17) is 19.6 Å². The van der Waals surface area contributed by atoms with Gasteiger partial charge in [-0.15, -0.1) is 0 Å². The van der Waals surface area contributed by atoms with Crippen molar-refractivity contribution < 1.29 is 44.1 Å². The van der Waals surface area contributed by atoms with Gasteiger partial charge in [0.25, 0.3) is 0 Å². The lowest BCUT2D eigenvalue weighted by Crippen LogP contribution is -2.54. The molecule has 5 atom stereocenters. The molecule has 3 heterocycles. The third kappa shape index (κ3) is 2.92. The Morgan fingerprint density at radius 1 is 1.25 bits per heavy atom. The fourth-order valence-corrected chi connectivity index (χ4v) is 2.96. The van der Waals surface area contributed by atoms with Crippen LogP contribution in [0.2, 0.25) is 0 Å². The van der Waals surface area contributed by atoms with Crippen LogP contribution in [-0.2, 0) is 13.9 Å². The summed E-state index contributed by atoms with van der Waals surface area (Å²) in [6.45, 7) is -0.553. The summed E-state index contributed by atoms with van der Waals surface area (Å²) in [4.78, 5) is 26.5. The van der Waals surface area contributed by atoms with Crippen molar-refractivity contribution in [2.45, 2.75) is 30.7 Å². The molecule has 0 aromatic carbocycles. The molecule has 24 heavy (non-hydrogen) atoms. The summed E-state index contributed by atoms with van der Waals surface area (Å²) in [7, 11) is -4.95. The van der Waals surface area contributed by atoms with Crippen LogP contribution in [0.1, 0.15) is 0 Å². The summed E-state index contributed by atoms with van der Waals surface area (Å²) >= 11 is 0. The fourth-order valence-electron chi connectivity index (χ4n) is 2.59. The molecule has 1 fully saturated rings. The molecule has 3 aliphatic rings. The summed E-state index contributed by atoms with van der Waals surface area (Å²) in [6.07, 6.45) is -4.37. The molecular weight excluding hydrogens is 351 g/mol. The van der Waals surface area contributed by atoms with E-state index >= 15 is 0 Å². The Morgan fingerprint density at radius 2 is 1.96 bits per heavy atom. The second kappa shape index (κ2) is 6.06. The first-order valence-electron chi connectivity index (χ1n) is 6.68. The topological polar surface area (TPSA) is 188 Å². The maximum atomic E-state index is 11.1. The van der Waals surface area contributed by atoms with Crippen molar-refractivity contribution in [2.24, 2.45) is 9.98 Å². The Hall–Kier alpha value is -1.57. The number of nitrogens with zero attached hydrogens (tertiary/aromatic N) is 4. The average Bonchev–Trinajstić information content (AvgIpc) is 3.05. The number of hydrogen-bond acceptors (Lipinski definition) is 11. The summed E-state index contributed by atoms with van der Waals surface area (Å²) in [5.41, 5.74) is -0.108. The van der Waals surface area contributed by atoms with Crippen LogP contribution < -0.4 is 0 Å². The van der Waals surface area contributed by atoms with E-state index in [9.17, 15) is 19.9 Å². The Bertz CT molecular complexity index is 648. The standard InChI is InChI=1S/C10H15N4O9P/c15-1-4-6(16)7(17)10(22-4)13-2-11-5-8(18)12-3-14(9(5)13)23-24(19,20)21/h2-4,6-7,9-10,15-18H,1H2,(H2,19,20,21). The van der Waals surface area contributed by atoms with E-state index in [-0.39, 0.29) is 5.70 Å². The SMILES string of the molecule is O=P(O)(O)ON1C=NC(O)=C2N=CN(C3OC(CO)C(O)C3O)C21. The summed E-state index contributed by atoms with van der Waals surface area (Å²) < 4.78 is 20.9. The minimum Gasteiger partial charge on any atom is -0.492 e. The minimum absolute atomic E-state index is 0.108. The Labute approximate surface area is 134 Å². The molecule has 134 valence electrons. The normalized spacial score (nSPS) is 36.0. The molecule has 0 radical (unpaired) electrons. The number of ether oxygens (including phenoxy) is 1. The monoisotopic (exact) mass is 366 g/mol. The molecule has 0 aliphatic carbocycles. The van der Waals surface area contributed by atoms with Crippen LogP contribution >= 0.6 is 7.82 Å². The lowest BCUT2D eigenvalue weighted by molar-refractivity contribution is -0.131. The predicted molar refractivity (Wildman–Crippen MR) is 75.0 cm³/mol. The van der Waals surface area contributed by atoms with Crippen LogP contribution in [0.4, 0.5) is 0 Å². The Morgan fingerprint density at radius 3 is 2.54 bits per heavy atom. The van der Waals surface area contributed by atoms with Crippen molar-refractivity contribution in [3.63, 3.8) is 0 Å². The van der Waals surface area contributed by atoms with E-state index in [0.717, 1.165) is 17.6 Å². The highest BCUT2D eigenvalue weighted by molar-refractivity contribution is 7.46. The Kier molecular flexibility index (Phi) is 4.36. The van der Waals surface area contributed by atoms with Crippen molar-refractivity contribution in [3.8, 4) is 0 Å². The second-order valence-corrected chi connectivity index (χ2v) is 6.32. The lowest BCUT2D eigenvalue weighted by Gasteiger charge is -2.37. The third-order valence-electron chi connectivity index (χ3n) is 3.63. The van der Waals surface area contributed by atoms with E-state index < -0.39 is 51.0 Å². The van der Waals surface area contributed by atoms with E-state index in [1.54, 1.807) is 0 Å². The molecule has 0 spiro atoms. The van der Waals surface area contributed by atoms with Gasteiger partial charge in [-0.05, 0) is 0 Å². The van der Waals surface area contributed by atoms with Gasteiger partial charge in [-0.25, -0.2) is 19.6 Å². The van der Waals surface area contributed by atoms with Crippen LogP contribution in [0.5, 0.6) is 0 Å². The first kappa shape index (κ1) is 17.3. The molecule has 0 amide bonds. The van der Waals surface area contributed by atoms with Gasteiger partial charge in [0.15, 0.2) is 12.4 Å². The van der Waals surface area contributed by atoms with E-state index in [2.05, 4.69) is 14.6 Å². The van der Waals surface area contributed by atoms with Gasteiger partial charge in [0.1, 0.15) is 30.3 Å². The number of phosphoric acid groups is 1. The largest absolute Gasteiger partial charge is 0.492 e. The summed E-state index contributed by atoms with van der Waals surface area (Å²) in [5.74, 6) is -0.518.